The van der Waals surface area contributed by atoms with Gasteiger partial charge in [0.15, 0.2) is 0 Å². The van der Waals surface area contributed by atoms with E-state index in [9.17, 15) is 0 Å². The van der Waals surface area contributed by atoms with Gasteiger partial charge in [0, 0.05) is 31.2 Å². The number of rotatable bonds is 2. The Morgan fingerprint density at radius 3 is 1.17 bits per heavy atom. The van der Waals surface area contributed by atoms with Crippen molar-refractivity contribution in [3.05, 3.63) is 67.6 Å². The highest BCUT2D eigenvalue weighted by Gasteiger charge is 2.22. The molecule has 0 saturated heterocycles. The number of hydrogen-bond donors (Lipinski definition) is 0. The molecule has 0 nitrogen and oxygen atoms in total. The van der Waals surface area contributed by atoms with Crippen LogP contribution >= 0.6 is 58.0 Å². The lowest BCUT2D eigenvalue weighted by atomic mass is 10.0. The second-order valence-corrected chi connectivity index (χ2v) is 5.70. The first-order valence-corrected chi connectivity index (χ1v) is 6.99. The van der Waals surface area contributed by atoms with Gasteiger partial charge in [0.1, 0.15) is 0 Å². The Labute approximate surface area is 130 Å². The maximum atomic E-state index is 6.41. The molecule has 0 bridgehead atoms. The highest BCUT2D eigenvalue weighted by molar-refractivity contribution is 6.40. The van der Waals surface area contributed by atoms with E-state index >= 15 is 0 Å². The van der Waals surface area contributed by atoms with E-state index in [2.05, 4.69) is 0 Å². The molecule has 0 saturated carbocycles. The van der Waals surface area contributed by atoms with E-state index in [4.69, 9.17) is 58.0 Å². The van der Waals surface area contributed by atoms with Crippen molar-refractivity contribution >= 4 is 58.0 Å². The smallest absolute Gasteiger partial charge is 0.0893 e. The predicted molar refractivity (Wildman–Crippen MR) is 80.6 cm³/mol. The van der Waals surface area contributed by atoms with E-state index in [1.54, 1.807) is 36.4 Å². The zero-order valence-electron chi connectivity index (χ0n) is 8.93. The minimum absolute atomic E-state index is 0.485. The van der Waals surface area contributed by atoms with Crippen LogP contribution in [0.1, 0.15) is 16.5 Å². The molecule has 0 unspecified atom stereocenters. The lowest BCUT2D eigenvalue weighted by Gasteiger charge is -2.16. The Morgan fingerprint density at radius 1 is 0.611 bits per heavy atom. The van der Waals surface area contributed by atoms with Crippen LogP contribution in [0, 0.1) is 0 Å². The molecule has 0 atom stereocenters. The Balaban J connectivity index is 2.58. The molecule has 0 aromatic heterocycles. The highest BCUT2D eigenvalue weighted by atomic mass is 35.5. The van der Waals surface area contributed by atoms with Gasteiger partial charge in [-0.15, -0.1) is 11.6 Å². The summed E-state index contributed by atoms with van der Waals surface area (Å²) in [5.74, 6) is 0. The molecule has 2 rings (SSSR count). The van der Waals surface area contributed by atoms with E-state index in [0.717, 1.165) is 0 Å². The first kappa shape index (κ1) is 14.3. The van der Waals surface area contributed by atoms with Crippen molar-refractivity contribution in [2.75, 3.05) is 0 Å². The monoisotopic (exact) mass is 338 g/mol. The third kappa shape index (κ3) is 2.74. The molecule has 0 aliphatic carbocycles. The molecule has 5 heteroatoms. The van der Waals surface area contributed by atoms with Crippen molar-refractivity contribution in [3.63, 3.8) is 0 Å². The Hall–Kier alpha value is -0.110. The molecule has 0 radical (unpaired) electrons. The number of alkyl halides is 1. The van der Waals surface area contributed by atoms with Gasteiger partial charge in [0.05, 0.1) is 5.38 Å². The van der Waals surface area contributed by atoms with Crippen LogP contribution in [0.4, 0.5) is 0 Å². The first-order chi connectivity index (χ1) is 8.52. The Kier molecular flexibility index (Phi) is 4.69. The van der Waals surface area contributed by atoms with Crippen LogP contribution in [0.3, 0.4) is 0 Å². The second-order valence-electron chi connectivity index (χ2n) is 3.63. The summed E-state index contributed by atoms with van der Waals surface area (Å²) in [6, 6.07) is 10.4. The lowest BCUT2D eigenvalue weighted by molar-refractivity contribution is 1.14. The van der Waals surface area contributed by atoms with Crippen molar-refractivity contribution in [3.8, 4) is 0 Å². The molecule has 2 aromatic rings. The largest absolute Gasteiger partial charge is 0.112 e. The predicted octanol–water partition coefficient (Wildman–Crippen LogP) is 6.63. The van der Waals surface area contributed by atoms with E-state index in [0.29, 0.717) is 31.2 Å². The minimum atomic E-state index is -0.590. The summed E-state index contributed by atoms with van der Waals surface area (Å²) in [6.45, 7) is 0. The van der Waals surface area contributed by atoms with Gasteiger partial charge in [-0.1, -0.05) is 58.5 Å². The van der Waals surface area contributed by atoms with Crippen molar-refractivity contribution < 1.29 is 0 Å². The first-order valence-electron chi connectivity index (χ1n) is 5.04. The van der Waals surface area contributed by atoms with Gasteiger partial charge >= 0.3 is 0 Å². The van der Waals surface area contributed by atoms with Gasteiger partial charge in [-0.05, 0) is 24.3 Å². The van der Waals surface area contributed by atoms with Crippen LogP contribution in [-0.2, 0) is 0 Å². The Morgan fingerprint density at radius 2 is 0.889 bits per heavy atom. The summed E-state index contributed by atoms with van der Waals surface area (Å²) in [5, 5.41) is 1.35. The topological polar surface area (TPSA) is 0 Å². The summed E-state index contributed by atoms with van der Waals surface area (Å²) in [6.07, 6.45) is 0. The lowest BCUT2D eigenvalue weighted by Crippen LogP contribution is -1.97. The van der Waals surface area contributed by atoms with Gasteiger partial charge in [0.25, 0.3) is 0 Å². The van der Waals surface area contributed by atoms with Gasteiger partial charge in [0.2, 0.25) is 0 Å². The average molecular weight is 340 g/mol. The standard InChI is InChI=1S/C13H7Cl5/c14-7-3-1-4-8(15)11(7)13(18)12-9(16)5-2-6-10(12)17/h1-6,13H. The molecule has 0 aliphatic rings. The number of hydrogen-bond acceptors (Lipinski definition) is 0. The van der Waals surface area contributed by atoms with Crippen molar-refractivity contribution in [2.45, 2.75) is 5.38 Å². The number of halogens is 5. The SMILES string of the molecule is Clc1cccc(Cl)c1C(Cl)c1c(Cl)cccc1Cl. The van der Waals surface area contributed by atoms with Crippen LogP contribution < -0.4 is 0 Å². The normalized spacial score (nSPS) is 11.0. The fraction of sp³-hybridized carbons (Fsp3) is 0.0769. The van der Waals surface area contributed by atoms with Gasteiger partial charge in [-0.2, -0.15) is 0 Å². The summed E-state index contributed by atoms with van der Waals surface area (Å²) in [5.41, 5.74) is 1.22. The molecule has 94 valence electrons. The van der Waals surface area contributed by atoms with E-state index in [1.807, 2.05) is 0 Å². The van der Waals surface area contributed by atoms with Gasteiger partial charge in [-0.25, -0.2) is 0 Å². The molecule has 0 heterocycles. The number of benzene rings is 2. The molecule has 0 spiro atoms. The highest BCUT2D eigenvalue weighted by Crippen LogP contribution is 2.43. The Bertz CT molecular complexity index is 488. The van der Waals surface area contributed by atoms with E-state index < -0.39 is 5.38 Å². The summed E-state index contributed by atoms with van der Waals surface area (Å²) in [4.78, 5) is 0. The van der Waals surface area contributed by atoms with Crippen LogP contribution in [0.15, 0.2) is 36.4 Å². The molecule has 0 N–H and O–H groups in total. The maximum absolute atomic E-state index is 6.41. The zero-order chi connectivity index (χ0) is 13.3. The van der Waals surface area contributed by atoms with Gasteiger partial charge in [-0.3, -0.25) is 0 Å². The minimum Gasteiger partial charge on any atom is -0.112 e. The molecule has 0 fully saturated rings. The molecule has 0 aliphatic heterocycles. The maximum Gasteiger partial charge on any atom is 0.0893 e. The van der Waals surface area contributed by atoms with Crippen molar-refractivity contribution in [2.24, 2.45) is 0 Å². The summed E-state index contributed by atoms with van der Waals surface area (Å²) >= 11 is 30.9. The van der Waals surface area contributed by atoms with Gasteiger partial charge < -0.3 is 0 Å². The van der Waals surface area contributed by atoms with Crippen LogP contribution in [-0.4, -0.2) is 0 Å². The van der Waals surface area contributed by atoms with E-state index in [-0.39, 0.29) is 0 Å². The third-order valence-electron chi connectivity index (χ3n) is 2.51. The second kappa shape index (κ2) is 5.90. The molecular weight excluding hydrogens is 333 g/mol. The molecule has 2 aromatic carbocycles. The van der Waals surface area contributed by atoms with Crippen LogP contribution in [0.2, 0.25) is 20.1 Å². The van der Waals surface area contributed by atoms with Crippen molar-refractivity contribution in [1.82, 2.24) is 0 Å². The molecule has 0 amide bonds. The fourth-order valence-electron chi connectivity index (χ4n) is 1.65. The zero-order valence-corrected chi connectivity index (χ0v) is 12.7. The summed E-state index contributed by atoms with van der Waals surface area (Å²) < 4.78 is 0. The van der Waals surface area contributed by atoms with Crippen molar-refractivity contribution in [1.29, 1.82) is 0 Å². The van der Waals surface area contributed by atoms with E-state index in [1.165, 1.54) is 0 Å². The van der Waals surface area contributed by atoms with Crippen LogP contribution in [0.25, 0.3) is 0 Å². The fourth-order valence-corrected chi connectivity index (χ4v) is 3.57. The quantitative estimate of drug-likeness (QED) is 0.538. The van der Waals surface area contributed by atoms with Crippen LogP contribution in [0.5, 0.6) is 0 Å². The molecular formula is C13H7Cl5. The molecule has 18 heavy (non-hydrogen) atoms. The average Bonchev–Trinajstić information content (AvgIpc) is 2.28. The summed E-state index contributed by atoms with van der Waals surface area (Å²) in [7, 11) is 0. The third-order valence-corrected chi connectivity index (χ3v) is 4.26.